The molecule has 1 fully saturated rings. The number of anilines is 1. The smallest absolute Gasteiger partial charge is 0.270 e. The number of aromatic nitrogens is 5. The molecular weight excluding hydrogens is 350 g/mol. The largest absolute Gasteiger partial charge is 0.354 e. The Kier molecular flexibility index (Phi) is 4.10. The second-order valence-corrected chi connectivity index (χ2v) is 8.31. The van der Waals surface area contributed by atoms with Gasteiger partial charge in [-0.2, -0.15) is 4.52 Å². The minimum Gasteiger partial charge on any atom is -0.354 e. The topological polar surface area (TPSA) is 88.3 Å². The molecule has 1 saturated heterocycles. The third-order valence-electron chi connectivity index (χ3n) is 4.42. The van der Waals surface area contributed by atoms with E-state index in [4.69, 9.17) is 5.10 Å². The molecule has 3 aromatic heterocycles. The lowest BCUT2D eigenvalue weighted by molar-refractivity contribution is 0.0940. The van der Waals surface area contributed by atoms with Gasteiger partial charge in [-0.25, -0.2) is 4.98 Å². The van der Waals surface area contributed by atoms with Crippen LogP contribution in [0.5, 0.6) is 0 Å². The number of carbonyl (C=O) groups is 1. The standard InChI is InChI=1S/C17H21N7OS/c1-17(2,3)16-21-20-13-4-5-14(22-24(13)16)23-7-11(8-23)6-18-15(25)12-9-26-10-19-12/h4-5,9-11H,6-8H2,1-3H3,(H,18,25). The molecule has 26 heavy (non-hydrogen) atoms. The van der Waals surface area contributed by atoms with Gasteiger partial charge in [-0.05, 0) is 12.1 Å². The zero-order valence-corrected chi connectivity index (χ0v) is 15.8. The van der Waals surface area contributed by atoms with E-state index in [9.17, 15) is 4.79 Å². The minimum atomic E-state index is -0.123. The summed E-state index contributed by atoms with van der Waals surface area (Å²) in [5, 5.41) is 17.9. The molecule has 1 N–H and O–H groups in total. The van der Waals surface area contributed by atoms with E-state index in [2.05, 4.69) is 46.2 Å². The number of hydrogen-bond donors (Lipinski definition) is 1. The molecule has 8 nitrogen and oxygen atoms in total. The predicted octanol–water partition coefficient (Wildman–Crippen LogP) is 1.74. The fourth-order valence-corrected chi connectivity index (χ4v) is 3.49. The fraction of sp³-hybridized carbons (Fsp3) is 0.471. The van der Waals surface area contributed by atoms with Crippen molar-refractivity contribution < 1.29 is 4.79 Å². The van der Waals surface area contributed by atoms with E-state index in [0.29, 0.717) is 18.2 Å². The van der Waals surface area contributed by atoms with Crippen LogP contribution in [-0.2, 0) is 5.41 Å². The van der Waals surface area contributed by atoms with Crippen LogP contribution in [0.3, 0.4) is 0 Å². The van der Waals surface area contributed by atoms with Gasteiger partial charge in [0.25, 0.3) is 5.91 Å². The summed E-state index contributed by atoms with van der Waals surface area (Å²) in [6.07, 6.45) is 0. The summed E-state index contributed by atoms with van der Waals surface area (Å²) in [5.41, 5.74) is 2.79. The summed E-state index contributed by atoms with van der Waals surface area (Å²) in [6, 6.07) is 3.92. The molecular formula is C17H21N7OS. The molecule has 0 radical (unpaired) electrons. The van der Waals surface area contributed by atoms with Crippen LogP contribution in [0.4, 0.5) is 5.82 Å². The first-order valence-electron chi connectivity index (χ1n) is 8.56. The summed E-state index contributed by atoms with van der Waals surface area (Å²) >= 11 is 1.42. The van der Waals surface area contributed by atoms with E-state index < -0.39 is 0 Å². The zero-order valence-electron chi connectivity index (χ0n) is 15.0. The van der Waals surface area contributed by atoms with Gasteiger partial charge in [-0.15, -0.1) is 26.6 Å². The van der Waals surface area contributed by atoms with Gasteiger partial charge in [0.05, 0.1) is 5.51 Å². The van der Waals surface area contributed by atoms with Gasteiger partial charge < -0.3 is 10.2 Å². The van der Waals surface area contributed by atoms with Crippen LogP contribution in [0, 0.1) is 5.92 Å². The first kappa shape index (κ1) is 16.9. The van der Waals surface area contributed by atoms with Crippen molar-refractivity contribution in [2.24, 2.45) is 5.92 Å². The van der Waals surface area contributed by atoms with Crippen LogP contribution >= 0.6 is 11.3 Å². The molecule has 1 aliphatic heterocycles. The third-order valence-corrected chi connectivity index (χ3v) is 5.00. The monoisotopic (exact) mass is 371 g/mol. The van der Waals surface area contributed by atoms with E-state index in [1.807, 2.05) is 16.6 Å². The van der Waals surface area contributed by atoms with Crippen molar-refractivity contribution in [3.8, 4) is 0 Å². The maximum atomic E-state index is 11.9. The number of nitrogens with one attached hydrogen (secondary N) is 1. The number of thiazole rings is 1. The maximum Gasteiger partial charge on any atom is 0.270 e. The van der Waals surface area contributed by atoms with Gasteiger partial charge in [-0.3, -0.25) is 4.79 Å². The highest BCUT2D eigenvalue weighted by Crippen LogP contribution is 2.25. The summed E-state index contributed by atoms with van der Waals surface area (Å²) in [6.45, 7) is 8.67. The van der Waals surface area contributed by atoms with Crippen molar-refractivity contribution in [3.05, 3.63) is 34.5 Å². The molecule has 0 aromatic carbocycles. The predicted molar refractivity (Wildman–Crippen MR) is 99.6 cm³/mol. The number of carbonyl (C=O) groups excluding carboxylic acids is 1. The zero-order chi connectivity index (χ0) is 18.3. The SMILES string of the molecule is CC(C)(C)c1nnc2ccc(N3CC(CNC(=O)c4cscn4)C3)nn12. The van der Waals surface area contributed by atoms with Crippen molar-refractivity contribution in [1.29, 1.82) is 0 Å². The Morgan fingerprint density at radius 1 is 1.31 bits per heavy atom. The van der Waals surface area contributed by atoms with E-state index in [-0.39, 0.29) is 11.3 Å². The fourth-order valence-electron chi connectivity index (χ4n) is 2.95. The van der Waals surface area contributed by atoms with Crippen LogP contribution in [0.1, 0.15) is 37.1 Å². The highest BCUT2D eigenvalue weighted by molar-refractivity contribution is 7.07. The normalized spacial score (nSPS) is 15.3. The number of hydrogen-bond acceptors (Lipinski definition) is 7. The van der Waals surface area contributed by atoms with Crippen LogP contribution < -0.4 is 10.2 Å². The van der Waals surface area contributed by atoms with Crippen LogP contribution in [0.25, 0.3) is 5.65 Å². The van der Waals surface area contributed by atoms with Crippen molar-refractivity contribution in [2.45, 2.75) is 26.2 Å². The molecule has 136 valence electrons. The van der Waals surface area contributed by atoms with Gasteiger partial charge in [0.1, 0.15) is 11.5 Å². The first-order chi connectivity index (χ1) is 12.4. The summed E-state index contributed by atoms with van der Waals surface area (Å²) in [5.74, 6) is 2.06. The molecule has 4 heterocycles. The molecule has 0 atom stereocenters. The van der Waals surface area contributed by atoms with Crippen molar-refractivity contribution >= 4 is 28.7 Å². The Labute approximate surface area is 155 Å². The second kappa shape index (κ2) is 6.31. The molecule has 0 bridgehead atoms. The lowest BCUT2D eigenvalue weighted by Gasteiger charge is -2.40. The summed E-state index contributed by atoms with van der Waals surface area (Å²) in [4.78, 5) is 18.2. The van der Waals surface area contributed by atoms with E-state index in [1.165, 1.54) is 11.3 Å². The molecule has 0 unspecified atom stereocenters. The average Bonchev–Trinajstić information content (AvgIpc) is 3.21. The number of amides is 1. The highest BCUT2D eigenvalue weighted by atomic mass is 32.1. The number of fused-ring (bicyclic) bond motifs is 1. The van der Waals surface area contributed by atoms with Gasteiger partial charge in [0, 0.05) is 36.3 Å². The van der Waals surface area contributed by atoms with Gasteiger partial charge >= 0.3 is 0 Å². The second-order valence-electron chi connectivity index (χ2n) is 7.59. The van der Waals surface area contributed by atoms with Crippen LogP contribution in [-0.4, -0.2) is 50.3 Å². The van der Waals surface area contributed by atoms with Crippen molar-refractivity contribution in [3.63, 3.8) is 0 Å². The Hall–Kier alpha value is -2.55. The van der Waals surface area contributed by atoms with Crippen LogP contribution in [0.15, 0.2) is 23.0 Å². The molecule has 0 aliphatic carbocycles. The molecule has 0 spiro atoms. The molecule has 4 rings (SSSR count). The third kappa shape index (κ3) is 3.14. The Balaban J connectivity index is 1.39. The molecule has 3 aromatic rings. The van der Waals surface area contributed by atoms with Gasteiger partial charge in [-0.1, -0.05) is 20.8 Å². The molecule has 1 amide bonds. The minimum absolute atomic E-state index is 0.108. The lowest BCUT2D eigenvalue weighted by Crippen LogP contribution is -2.52. The maximum absolute atomic E-state index is 11.9. The van der Waals surface area contributed by atoms with Gasteiger partial charge in [0.2, 0.25) is 0 Å². The quantitative estimate of drug-likeness (QED) is 0.752. The average molecular weight is 371 g/mol. The lowest BCUT2D eigenvalue weighted by atomic mass is 9.96. The number of rotatable bonds is 4. The molecule has 1 aliphatic rings. The van der Waals surface area contributed by atoms with E-state index in [0.717, 1.165) is 30.4 Å². The Morgan fingerprint density at radius 2 is 2.12 bits per heavy atom. The van der Waals surface area contributed by atoms with Gasteiger partial charge in [0.15, 0.2) is 11.5 Å². The van der Waals surface area contributed by atoms with E-state index >= 15 is 0 Å². The van der Waals surface area contributed by atoms with Crippen molar-refractivity contribution in [1.82, 2.24) is 30.1 Å². The molecule has 9 heteroatoms. The van der Waals surface area contributed by atoms with E-state index in [1.54, 1.807) is 10.9 Å². The summed E-state index contributed by atoms with van der Waals surface area (Å²) < 4.78 is 1.83. The molecule has 0 saturated carbocycles. The highest BCUT2D eigenvalue weighted by Gasteiger charge is 2.29. The Morgan fingerprint density at radius 3 is 2.81 bits per heavy atom. The first-order valence-corrected chi connectivity index (χ1v) is 9.50. The van der Waals surface area contributed by atoms with Crippen LogP contribution in [0.2, 0.25) is 0 Å². The summed E-state index contributed by atoms with van der Waals surface area (Å²) in [7, 11) is 0. The Bertz CT molecular complexity index is 922. The van der Waals surface area contributed by atoms with Crippen molar-refractivity contribution in [2.75, 3.05) is 24.5 Å². The number of nitrogens with zero attached hydrogens (tertiary/aromatic N) is 6.